The molecule has 3 rings (SSSR count). The molecule has 1 heterocycles. The van der Waals surface area contributed by atoms with Gasteiger partial charge in [0.1, 0.15) is 0 Å². The Morgan fingerprint density at radius 3 is 2.80 bits per heavy atom. The normalized spacial score (nSPS) is 12.1. The fourth-order valence-electron chi connectivity index (χ4n) is 2.47. The van der Waals surface area contributed by atoms with E-state index in [2.05, 4.69) is 11.1 Å². The van der Waals surface area contributed by atoms with Crippen molar-refractivity contribution in [2.45, 2.75) is 13.5 Å². The van der Waals surface area contributed by atoms with Gasteiger partial charge >= 0.3 is 0 Å². The molecule has 0 N–H and O–H groups in total. The second-order valence-corrected chi connectivity index (χ2v) is 7.39. The summed E-state index contributed by atoms with van der Waals surface area (Å²) >= 11 is 13.6. The lowest BCUT2D eigenvalue weighted by molar-refractivity contribution is 0.0997. The smallest absolute Gasteiger partial charge is 0.281 e. The highest BCUT2D eigenvalue weighted by Gasteiger charge is 2.12. The van der Waals surface area contributed by atoms with Crippen LogP contribution in [0.2, 0.25) is 10.0 Å². The van der Waals surface area contributed by atoms with Crippen LogP contribution in [0.5, 0.6) is 0 Å². The number of fused-ring (bicyclic) bond motifs is 1. The molecule has 0 saturated heterocycles. The molecule has 1 amide bonds. The summed E-state index contributed by atoms with van der Waals surface area (Å²) in [7, 11) is 1.65. The molecule has 0 aliphatic rings. The number of aromatic nitrogens is 1. The second kappa shape index (κ2) is 7.70. The van der Waals surface area contributed by atoms with E-state index in [4.69, 9.17) is 27.9 Å². The zero-order valence-electron chi connectivity index (χ0n) is 13.8. The number of thiazole rings is 1. The van der Waals surface area contributed by atoms with Crippen LogP contribution in [0.1, 0.15) is 15.9 Å². The standard InChI is InChI=1S/C18H16Cl2N2O2S/c1-11-3-6-15-16(9-11)25-18(22(15)7-8-24-2)21-17(23)13-10-12(19)4-5-14(13)20/h3-6,9-10H,7-8H2,1-2H3. The third-order valence-corrected chi connectivity index (χ3v) is 5.32. The summed E-state index contributed by atoms with van der Waals surface area (Å²) in [5.74, 6) is -0.415. The molecule has 7 heteroatoms. The van der Waals surface area contributed by atoms with E-state index >= 15 is 0 Å². The molecule has 0 aliphatic heterocycles. The number of halogens is 2. The van der Waals surface area contributed by atoms with E-state index in [1.807, 2.05) is 23.6 Å². The number of ether oxygens (including phenoxy) is 1. The number of nitrogens with zero attached hydrogens (tertiary/aromatic N) is 2. The van der Waals surface area contributed by atoms with Crippen LogP contribution in [0.4, 0.5) is 0 Å². The Bertz CT molecular complexity index is 1010. The molecule has 3 aromatic rings. The molecule has 25 heavy (non-hydrogen) atoms. The van der Waals surface area contributed by atoms with Crippen molar-refractivity contribution in [2.75, 3.05) is 13.7 Å². The Kier molecular flexibility index (Phi) is 5.59. The monoisotopic (exact) mass is 394 g/mol. The molecule has 0 unspecified atom stereocenters. The molecule has 0 fully saturated rings. The van der Waals surface area contributed by atoms with E-state index in [1.165, 1.54) is 17.4 Å². The van der Waals surface area contributed by atoms with Gasteiger partial charge in [-0.2, -0.15) is 4.99 Å². The average Bonchev–Trinajstić information content (AvgIpc) is 2.91. The molecule has 0 radical (unpaired) electrons. The van der Waals surface area contributed by atoms with Gasteiger partial charge in [-0.3, -0.25) is 4.79 Å². The van der Waals surface area contributed by atoms with Crippen molar-refractivity contribution in [3.8, 4) is 0 Å². The zero-order chi connectivity index (χ0) is 18.0. The van der Waals surface area contributed by atoms with Crippen molar-refractivity contribution in [3.63, 3.8) is 0 Å². The number of carbonyl (C=O) groups is 1. The summed E-state index contributed by atoms with van der Waals surface area (Å²) in [6, 6.07) is 10.9. The highest BCUT2D eigenvalue weighted by atomic mass is 35.5. The number of hydrogen-bond donors (Lipinski definition) is 0. The maximum absolute atomic E-state index is 12.6. The van der Waals surface area contributed by atoms with Crippen LogP contribution < -0.4 is 4.80 Å². The minimum absolute atomic E-state index is 0.293. The first-order chi connectivity index (χ1) is 12.0. The van der Waals surface area contributed by atoms with Crippen LogP contribution >= 0.6 is 34.5 Å². The van der Waals surface area contributed by atoms with Gasteiger partial charge in [0.15, 0.2) is 4.80 Å². The van der Waals surface area contributed by atoms with Crippen molar-refractivity contribution < 1.29 is 9.53 Å². The third-order valence-electron chi connectivity index (χ3n) is 3.71. The van der Waals surface area contributed by atoms with Crippen LogP contribution in [-0.4, -0.2) is 24.2 Å². The summed E-state index contributed by atoms with van der Waals surface area (Å²) in [6.07, 6.45) is 0. The maximum atomic E-state index is 12.6. The summed E-state index contributed by atoms with van der Waals surface area (Å²) in [5, 5.41) is 0.778. The number of methoxy groups -OCH3 is 1. The summed E-state index contributed by atoms with van der Waals surface area (Å²) in [4.78, 5) is 17.5. The van der Waals surface area contributed by atoms with Crippen LogP contribution in [0.3, 0.4) is 0 Å². The Morgan fingerprint density at radius 2 is 2.04 bits per heavy atom. The molecule has 1 aromatic heterocycles. The number of carbonyl (C=O) groups excluding carboxylic acids is 1. The van der Waals surface area contributed by atoms with Gasteiger partial charge in [-0.1, -0.05) is 40.6 Å². The number of hydrogen-bond acceptors (Lipinski definition) is 3. The minimum atomic E-state index is -0.415. The van der Waals surface area contributed by atoms with Crippen molar-refractivity contribution in [3.05, 3.63) is 62.4 Å². The Hall–Kier alpha value is -1.66. The minimum Gasteiger partial charge on any atom is -0.383 e. The quantitative estimate of drug-likeness (QED) is 0.643. The fraction of sp³-hybridized carbons (Fsp3) is 0.222. The number of aryl methyl sites for hydroxylation is 1. The fourth-order valence-corrected chi connectivity index (χ4v) is 4.00. The Balaban J connectivity index is 2.14. The predicted molar refractivity (Wildman–Crippen MR) is 103 cm³/mol. The summed E-state index contributed by atoms with van der Waals surface area (Å²) in [6.45, 7) is 3.17. The first-order valence-electron chi connectivity index (χ1n) is 7.62. The van der Waals surface area contributed by atoms with Gasteiger partial charge in [0.2, 0.25) is 0 Å². The molecule has 0 saturated carbocycles. The molecule has 0 atom stereocenters. The van der Waals surface area contributed by atoms with Crippen LogP contribution in [0, 0.1) is 6.92 Å². The molecule has 0 bridgehead atoms. The highest BCUT2D eigenvalue weighted by Crippen LogP contribution is 2.22. The lowest BCUT2D eigenvalue weighted by Gasteiger charge is -2.05. The van der Waals surface area contributed by atoms with Gasteiger partial charge in [0.25, 0.3) is 5.91 Å². The molecule has 4 nitrogen and oxygen atoms in total. The lowest BCUT2D eigenvalue weighted by atomic mass is 10.2. The van der Waals surface area contributed by atoms with E-state index < -0.39 is 5.91 Å². The van der Waals surface area contributed by atoms with Crippen molar-refractivity contribution in [1.82, 2.24) is 4.57 Å². The molecular weight excluding hydrogens is 379 g/mol. The average molecular weight is 395 g/mol. The van der Waals surface area contributed by atoms with Gasteiger partial charge in [0.05, 0.1) is 27.4 Å². The van der Waals surface area contributed by atoms with E-state index in [9.17, 15) is 4.79 Å². The molecule has 0 aliphatic carbocycles. The van der Waals surface area contributed by atoms with E-state index in [0.29, 0.717) is 33.6 Å². The third kappa shape index (κ3) is 3.96. The summed E-state index contributed by atoms with van der Waals surface area (Å²) < 4.78 is 8.24. The van der Waals surface area contributed by atoms with Gasteiger partial charge in [-0.05, 0) is 42.8 Å². The van der Waals surface area contributed by atoms with E-state index in [0.717, 1.165) is 15.8 Å². The summed E-state index contributed by atoms with van der Waals surface area (Å²) in [5.41, 5.74) is 2.47. The van der Waals surface area contributed by atoms with Crippen molar-refractivity contribution in [1.29, 1.82) is 0 Å². The van der Waals surface area contributed by atoms with Gasteiger partial charge < -0.3 is 9.30 Å². The Morgan fingerprint density at radius 1 is 1.24 bits per heavy atom. The van der Waals surface area contributed by atoms with E-state index in [1.54, 1.807) is 19.2 Å². The number of amides is 1. The Labute approximate surface area is 159 Å². The van der Waals surface area contributed by atoms with Crippen LogP contribution in [0.15, 0.2) is 41.4 Å². The first kappa shape index (κ1) is 18.1. The van der Waals surface area contributed by atoms with Crippen LogP contribution in [-0.2, 0) is 11.3 Å². The SMILES string of the molecule is COCCn1c(=NC(=O)c2cc(Cl)ccc2Cl)sc2cc(C)ccc21. The lowest BCUT2D eigenvalue weighted by Crippen LogP contribution is -2.19. The van der Waals surface area contributed by atoms with Crippen LogP contribution in [0.25, 0.3) is 10.2 Å². The largest absolute Gasteiger partial charge is 0.383 e. The molecule has 2 aromatic carbocycles. The molecule has 0 spiro atoms. The predicted octanol–water partition coefficient (Wildman–Crippen LogP) is 4.71. The number of rotatable bonds is 4. The highest BCUT2D eigenvalue weighted by molar-refractivity contribution is 7.16. The second-order valence-electron chi connectivity index (χ2n) is 5.54. The van der Waals surface area contributed by atoms with E-state index in [-0.39, 0.29) is 0 Å². The van der Waals surface area contributed by atoms with Gasteiger partial charge in [0, 0.05) is 18.7 Å². The number of benzene rings is 2. The molecule has 130 valence electrons. The van der Waals surface area contributed by atoms with Crippen molar-refractivity contribution in [2.24, 2.45) is 4.99 Å². The van der Waals surface area contributed by atoms with Crippen molar-refractivity contribution >= 4 is 50.7 Å². The zero-order valence-corrected chi connectivity index (χ0v) is 16.1. The van der Waals surface area contributed by atoms with Gasteiger partial charge in [-0.25, -0.2) is 0 Å². The first-order valence-corrected chi connectivity index (χ1v) is 9.20. The van der Waals surface area contributed by atoms with Gasteiger partial charge in [-0.15, -0.1) is 0 Å². The topological polar surface area (TPSA) is 43.6 Å². The molecular formula is C18H16Cl2N2O2S. The maximum Gasteiger partial charge on any atom is 0.281 e.